The molecule has 0 saturated heterocycles. The zero-order valence-corrected chi connectivity index (χ0v) is 29.7. The Balaban J connectivity index is 1.15. The zero-order valence-electron chi connectivity index (χ0n) is 29.7. The van der Waals surface area contributed by atoms with Gasteiger partial charge in [0.15, 0.2) is 0 Å². The first kappa shape index (κ1) is 35.0. The monoisotopic (exact) mass is 703 g/mol. The van der Waals surface area contributed by atoms with E-state index in [0.29, 0.717) is 11.1 Å². The summed E-state index contributed by atoms with van der Waals surface area (Å²) in [6.45, 7) is 2.08. The van der Waals surface area contributed by atoms with Gasteiger partial charge in [0.05, 0.1) is 35.2 Å². The first-order valence-corrected chi connectivity index (χ1v) is 17.5. The van der Waals surface area contributed by atoms with E-state index in [-0.39, 0.29) is 0 Å². The number of para-hydroxylation sites is 2. The van der Waals surface area contributed by atoms with E-state index in [1.165, 1.54) is 5.56 Å². The van der Waals surface area contributed by atoms with Crippen molar-refractivity contribution in [1.82, 2.24) is 0 Å². The fourth-order valence-corrected chi connectivity index (χ4v) is 5.90. The highest BCUT2D eigenvalue weighted by Crippen LogP contribution is 2.35. The van der Waals surface area contributed by atoms with Gasteiger partial charge in [0.2, 0.25) is 0 Å². The molecule has 0 aliphatic rings. The summed E-state index contributed by atoms with van der Waals surface area (Å²) >= 11 is 0. The molecule has 0 unspecified atom stereocenters. The Hall–Kier alpha value is -7.38. The number of carbonyl (C=O) groups excluding carboxylic acids is 2. The zero-order chi connectivity index (χ0) is 37.1. The summed E-state index contributed by atoms with van der Waals surface area (Å²) < 4.78 is 0. The lowest BCUT2D eigenvalue weighted by Gasteiger charge is -2.26. The molecule has 7 aromatic rings. The third-order valence-corrected chi connectivity index (χ3v) is 8.79. The highest BCUT2D eigenvalue weighted by molar-refractivity contribution is 5.86. The molecule has 0 fully saturated rings. The van der Waals surface area contributed by atoms with Crippen LogP contribution in [0.2, 0.25) is 0 Å². The van der Waals surface area contributed by atoms with Gasteiger partial charge < -0.3 is 4.90 Å². The predicted octanol–water partition coefficient (Wildman–Crippen LogP) is 11.4. The molecule has 0 amide bonds. The van der Waals surface area contributed by atoms with Crippen molar-refractivity contribution in [3.8, 4) is 0 Å². The number of hydrogen-bond acceptors (Lipinski definition) is 7. The summed E-state index contributed by atoms with van der Waals surface area (Å²) in [6, 6.07) is 59.6. The van der Waals surface area contributed by atoms with E-state index in [0.717, 1.165) is 63.5 Å². The predicted molar refractivity (Wildman–Crippen MR) is 222 cm³/mol. The Kier molecular flexibility index (Phi) is 10.9. The lowest BCUT2D eigenvalue weighted by Crippen LogP contribution is -2.11. The minimum Gasteiger partial charge on any atom is -0.311 e. The van der Waals surface area contributed by atoms with Gasteiger partial charge in [-0.15, -0.1) is 0 Å². The van der Waals surface area contributed by atoms with Crippen LogP contribution in [-0.4, -0.2) is 25.0 Å². The average Bonchev–Trinajstić information content (AvgIpc) is 3.24. The number of aryl methyl sites for hydroxylation is 1. The minimum absolute atomic E-state index is 0.612. The van der Waals surface area contributed by atoms with Crippen LogP contribution in [0.1, 0.15) is 37.4 Å². The third kappa shape index (κ3) is 8.39. The Bertz CT molecular complexity index is 2190. The Morgan fingerprint density at radius 3 is 1.00 bits per heavy atom. The SMILES string of the molecule is Cc1ccc(N(c2ccc(/C=N/N(c3ccccc3)c3ccc(C=O)cc3)cc2)c2ccc(/C=N/N(c3ccccc3)c3ccc(C=O)cc3)cc2)cc1. The molecule has 7 aromatic carbocycles. The summed E-state index contributed by atoms with van der Waals surface area (Å²) in [6.07, 6.45) is 5.35. The maximum Gasteiger partial charge on any atom is 0.150 e. The summed E-state index contributed by atoms with van der Waals surface area (Å²) in [7, 11) is 0. The molecule has 54 heavy (non-hydrogen) atoms. The lowest BCUT2D eigenvalue weighted by atomic mass is 10.1. The normalized spacial score (nSPS) is 11.1. The number of benzene rings is 7. The smallest absolute Gasteiger partial charge is 0.150 e. The first-order chi connectivity index (χ1) is 26.6. The van der Waals surface area contributed by atoms with E-state index in [1.807, 2.05) is 107 Å². The number of aldehydes is 2. The second-order valence-corrected chi connectivity index (χ2v) is 12.6. The fraction of sp³-hybridized carbons (Fsp3) is 0.0213. The average molecular weight is 704 g/mol. The van der Waals surface area contributed by atoms with Crippen LogP contribution in [0.5, 0.6) is 0 Å². The molecule has 0 aliphatic carbocycles. The van der Waals surface area contributed by atoms with Crippen molar-refractivity contribution >= 4 is 64.8 Å². The fourth-order valence-electron chi connectivity index (χ4n) is 5.90. The molecule has 0 saturated carbocycles. The maximum atomic E-state index is 11.2. The topological polar surface area (TPSA) is 68.6 Å². The van der Waals surface area contributed by atoms with Crippen LogP contribution in [-0.2, 0) is 0 Å². The number of anilines is 7. The second-order valence-electron chi connectivity index (χ2n) is 12.6. The van der Waals surface area contributed by atoms with Gasteiger partial charge >= 0.3 is 0 Å². The summed E-state index contributed by atoms with van der Waals surface area (Å²) in [4.78, 5) is 24.7. The van der Waals surface area contributed by atoms with Crippen LogP contribution in [0.3, 0.4) is 0 Å². The van der Waals surface area contributed by atoms with Gasteiger partial charge in [0, 0.05) is 28.2 Å². The van der Waals surface area contributed by atoms with Gasteiger partial charge in [-0.05, 0) is 127 Å². The molecular formula is C47H37N5O2. The number of carbonyl (C=O) groups is 2. The summed E-state index contributed by atoms with van der Waals surface area (Å²) in [5.74, 6) is 0. The number of hydrazone groups is 2. The highest BCUT2D eigenvalue weighted by Gasteiger charge is 2.14. The van der Waals surface area contributed by atoms with E-state index in [2.05, 4.69) is 84.6 Å². The highest BCUT2D eigenvalue weighted by atomic mass is 16.1. The van der Waals surface area contributed by atoms with Crippen molar-refractivity contribution in [3.05, 3.63) is 210 Å². The number of rotatable bonds is 13. The van der Waals surface area contributed by atoms with Crippen molar-refractivity contribution < 1.29 is 9.59 Å². The standard InChI is InChI=1S/C47H37N5O2/c1-36-12-22-41(23-13-36)50(42-24-14-37(15-25-42)32-48-51(44-8-4-2-5-9-44)46-28-18-39(34-53)19-29-46)43-26-16-38(17-27-43)33-49-52(45-10-6-3-7-11-45)47-30-20-40(35-54)21-31-47/h2-35H,1H3/b48-32+,49-33+. The third-order valence-electron chi connectivity index (χ3n) is 8.79. The van der Waals surface area contributed by atoms with Gasteiger partial charge in [-0.3, -0.25) is 9.59 Å². The quantitative estimate of drug-likeness (QED) is 0.0679. The first-order valence-electron chi connectivity index (χ1n) is 17.5. The minimum atomic E-state index is 0.612. The van der Waals surface area contributed by atoms with Crippen LogP contribution in [0, 0.1) is 6.92 Å². The van der Waals surface area contributed by atoms with E-state index in [4.69, 9.17) is 10.2 Å². The van der Waals surface area contributed by atoms with E-state index in [1.54, 1.807) is 24.3 Å². The van der Waals surface area contributed by atoms with Gasteiger partial charge in [-0.25, -0.2) is 10.0 Å². The van der Waals surface area contributed by atoms with Crippen molar-refractivity contribution in [2.75, 3.05) is 14.9 Å². The molecule has 0 aliphatic heterocycles. The van der Waals surface area contributed by atoms with E-state index < -0.39 is 0 Å². The Morgan fingerprint density at radius 2 is 0.648 bits per heavy atom. The van der Waals surface area contributed by atoms with Crippen LogP contribution in [0.15, 0.2) is 192 Å². The lowest BCUT2D eigenvalue weighted by molar-refractivity contribution is 0.111. The molecule has 0 aromatic heterocycles. The number of hydrogen-bond donors (Lipinski definition) is 0. The molecule has 0 spiro atoms. The van der Waals surface area contributed by atoms with Gasteiger partial charge in [0.1, 0.15) is 12.6 Å². The van der Waals surface area contributed by atoms with Crippen molar-refractivity contribution in [2.45, 2.75) is 6.92 Å². The molecular weight excluding hydrogens is 667 g/mol. The molecule has 262 valence electrons. The summed E-state index contributed by atoms with van der Waals surface area (Å²) in [5.41, 5.74) is 10.8. The molecule has 7 heteroatoms. The second kappa shape index (κ2) is 16.8. The largest absolute Gasteiger partial charge is 0.311 e. The molecule has 0 radical (unpaired) electrons. The maximum absolute atomic E-state index is 11.2. The van der Waals surface area contributed by atoms with E-state index in [9.17, 15) is 9.59 Å². The molecule has 0 heterocycles. The van der Waals surface area contributed by atoms with Crippen LogP contribution in [0.25, 0.3) is 0 Å². The summed E-state index contributed by atoms with van der Waals surface area (Å²) in [5, 5.41) is 13.4. The molecule has 0 atom stereocenters. The van der Waals surface area contributed by atoms with Crippen molar-refractivity contribution in [2.24, 2.45) is 10.2 Å². The van der Waals surface area contributed by atoms with E-state index >= 15 is 0 Å². The van der Waals surface area contributed by atoms with Crippen LogP contribution in [0.4, 0.5) is 39.8 Å². The van der Waals surface area contributed by atoms with Gasteiger partial charge in [0.25, 0.3) is 0 Å². The van der Waals surface area contributed by atoms with Crippen molar-refractivity contribution in [1.29, 1.82) is 0 Å². The van der Waals surface area contributed by atoms with Gasteiger partial charge in [-0.1, -0.05) is 78.4 Å². The molecule has 0 bridgehead atoms. The molecule has 0 N–H and O–H groups in total. The van der Waals surface area contributed by atoms with Crippen molar-refractivity contribution in [3.63, 3.8) is 0 Å². The Labute approximate surface area is 315 Å². The van der Waals surface area contributed by atoms with Crippen LogP contribution < -0.4 is 14.9 Å². The molecule has 7 nitrogen and oxygen atoms in total. The van der Waals surface area contributed by atoms with Crippen LogP contribution >= 0.6 is 0 Å². The molecule has 7 rings (SSSR count). The number of nitrogens with zero attached hydrogens (tertiary/aromatic N) is 5. The van der Waals surface area contributed by atoms with Gasteiger partial charge in [-0.2, -0.15) is 10.2 Å². The Morgan fingerprint density at radius 1 is 0.352 bits per heavy atom.